The van der Waals surface area contributed by atoms with E-state index < -0.39 is 5.54 Å². The van der Waals surface area contributed by atoms with E-state index in [1.807, 2.05) is 31.2 Å². The predicted molar refractivity (Wildman–Crippen MR) is 79.6 cm³/mol. The Kier molecular flexibility index (Phi) is 7.49. The van der Waals surface area contributed by atoms with Crippen molar-refractivity contribution in [2.24, 2.45) is 5.73 Å². The Morgan fingerprint density at radius 3 is 2.63 bits per heavy atom. The highest BCUT2D eigenvalue weighted by atomic mass is 35.5. The molecule has 0 aliphatic rings. The number of rotatable bonds is 6. The highest BCUT2D eigenvalue weighted by molar-refractivity contribution is 5.85. The van der Waals surface area contributed by atoms with Crippen LogP contribution in [0.4, 0.5) is 0 Å². The van der Waals surface area contributed by atoms with E-state index in [0.717, 1.165) is 17.7 Å². The van der Waals surface area contributed by atoms with Crippen molar-refractivity contribution in [3.8, 4) is 5.75 Å². The first kappa shape index (κ1) is 17.7. The lowest BCUT2D eigenvalue weighted by Crippen LogP contribution is -2.51. The molecule has 0 saturated heterocycles. The smallest absolute Gasteiger partial charge is 0.240 e. The van der Waals surface area contributed by atoms with Crippen molar-refractivity contribution in [2.75, 3.05) is 7.11 Å². The first-order chi connectivity index (χ1) is 8.51. The van der Waals surface area contributed by atoms with Crippen LogP contribution < -0.4 is 15.8 Å². The van der Waals surface area contributed by atoms with Gasteiger partial charge in [-0.1, -0.05) is 31.5 Å². The molecule has 0 heterocycles. The van der Waals surface area contributed by atoms with Gasteiger partial charge in [0, 0.05) is 12.1 Å². The van der Waals surface area contributed by atoms with E-state index in [2.05, 4.69) is 5.32 Å². The number of hydrogen-bond acceptors (Lipinski definition) is 3. The number of carbonyl (C=O) groups is 1. The summed E-state index contributed by atoms with van der Waals surface area (Å²) in [6, 6.07) is 7.61. The lowest BCUT2D eigenvalue weighted by Gasteiger charge is -2.23. The van der Waals surface area contributed by atoms with Gasteiger partial charge >= 0.3 is 0 Å². The molecule has 5 heteroatoms. The van der Waals surface area contributed by atoms with Gasteiger partial charge in [0.2, 0.25) is 5.91 Å². The van der Waals surface area contributed by atoms with Crippen LogP contribution in [0.3, 0.4) is 0 Å². The average Bonchev–Trinajstić information content (AvgIpc) is 2.36. The molecule has 0 spiro atoms. The molecule has 1 atom stereocenters. The Hall–Kier alpha value is -1.26. The van der Waals surface area contributed by atoms with Gasteiger partial charge in [0.05, 0.1) is 12.6 Å². The standard InChI is InChI=1S/C14H22N2O2.ClH/c1-4-9-14(2,15)13(17)16-10-11-7-5-6-8-12(11)18-3;/h5-8H,4,9-10,15H2,1-3H3,(H,16,17);1H. The van der Waals surface area contributed by atoms with Crippen molar-refractivity contribution in [1.29, 1.82) is 0 Å². The van der Waals surface area contributed by atoms with Crippen LogP contribution in [-0.4, -0.2) is 18.6 Å². The van der Waals surface area contributed by atoms with Gasteiger partial charge in [-0.2, -0.15) is 0 Å². The van der Waals surface area contributed by atoms with Gasteiger partial charge < -0.3 is 15.8 Å². The van der Waals surface area contributed by atoms with Crippen molar-refractivity contribution in [1.82, 2.24) is 5.32 Å². The molecule has 0 radical (unpaired) electrons. The number of carbonyl (C=O) groups excluding carboxylic acids is 1. The first-order valence-corrected chi connectivity index (χ1v) is 6.20. The summed E-state index contributed by atoms with van der Waals surface area (Å²) in [5, 5.41) is 2.85. The van der Waals surface area contributed by atoms with E-state index in [4.69, 9.17) is 10.5 Å². The van der Waals surface area contributed by atoms with E-state index in [-0.39, 0.29) is 18.3 Å². The molecule has 19 heavy (non-hydrogen) atoms. The quantitative estimate of drug-likeness (QED) is 0.843. The fraction of sp³-hybridized carbons (Fsp3) is 0.500. The minimum atomic E-state index is -0.809. The van der Waals surface area contributed by atoms with Gasteiger partial charge in [0.1, 0.15) is 5.75 Å². The van der Waals surface area contributed by atoms with Gasteiger partial charge in [-0.25, -0.2) is 0 Å². The Balaban J connectivity index is 0.00000324. The molecular weight excluding hydrogens is 264 g/mol. The first-order valence-electron chi connectivity index (χ1n) is 6.20. The zero-order valence-corrected chi connectivity index (χ0v) is 12.5. The van der Waals surface area contributed by atoms with Crippen molar-refractivity contribution < 1.29 is 9.53 Å². The Labute approximate surface area is 121 Å². The summed E-state index contributed by atoms with van der Waals surface area (Å²) < 4.78 is 5.23. The number of ether oxygens (including phenoxy) is 1. The van der Waals surface area contributed by atoms with Gasteiger partial charge in [0.15, 0.2) is 0 Å². The Bertz CT molecular complexity index is 408. The number of halogens is 1. The van der Waals surface area contributed by atoms with E-state index >= 15 is 0 Å². The minimum Gasteiger partial charge on any atom is -0.496 e. The lowest BCUT2D eigenvalue weighted by molar-refractivity contribution is -0.126. The van der Waals surface area contributed by atoms with Gasteiger partial charge in [-0.15, -0.1) is 12.4 Å². The number of amides is 1. The maximum Gasteiger partial charge on any atom is 0.240 e. The van der Waals surface area contributed by atoms with E-state index in [0.29, 0.717) is 13.0 Å². The molecule has 4 nitrogen and oxygen atoms in total. The highest BCUT2D eigenvalue weighted by Crippen LogP contribution is 2.17. The van der Waals surface area contributed by atoms with Gasteiger partial charge in [-0.05, 0) is 19.4 Å². The summed E-state index contributed by atoms with van der Waals surface area (Å²) in [6.07, 6.45) is 1.56. The summed E-state index contributed by atoms with van der Waals surface area (Å²) in [7, 11) is 1.62. The van der Waals surface area contributed by atoms with Crippen molar-refractivity contribution >= 4 is 18.3 Å². The minimum absolute atomic E-state index is 0. The molecule has 108 valence electrons. The predicted octanol–water partition coefficient (Wildman–Crippen LogP) is 2.25. The maximum atomic E-state index is 12.0. The molecule has 0 aromatic heterocycles. The molecule has 1 amide bonds. The normalized spacial score (nSPS) is 13.1. The van der Waals surface area contributed by atoms with Crippen molar-refractivity contribution in [3.05, 3.63) is 29.8 Å². The fourth-order valence-electron chi connectivity index (χ4n) is 1.86. The average molecular weight is 287 g/mol. The molecule has 3 N–H and O–H groups in total. The topological polar surface area (TPSA) is 64.4 Å². The maximum absolute atomic E-state index is 12.0. The van der Waals surface area contributed by atoms with Gasteiger partial charge in [0.25, 0.3) is 0 Å². The second-order valence-electron chi connectivity index (χ2n) is 4.66. The van der Waals surface area contributed by atoms with Crippen molar-refractivity contribution in [3.63, 3.8) is 0 Å². The molecule has 1 rings (SSSR count). The van der Waals surface area contributed by atoms with Crippen LogP contribution in [0.2, 0.25) is 0 Å². The number of para-hydroxylation sites is 1. The van der Waals surface area contributed by atoms with E-state index in [1.165, 1.54) is 0 Å². The SMILES string of the molecule is CCCC(C)(N)C(=O)NCc1ccccc1OC.Cl. The third-order valence-electron chi connectivity index (χ3n) is 2.92. The number of nitrogens with one attached hydrogen (secondary N) is 1. The summed E-state index contributed by atoms with van der Waals surface area (Å²) in [5.41, 5.74) is 6.10. The van der Waals surface area contributed by atoms with Crippen LogP contribution in [0.1, 0.15) is 32.3 Å². The molecule has 1 unspecified atom stereocenters. The molecule has 0 aliphatic heterocycles. The van der Waals surface area contributed by atoms with E-state index in [9.17, 15) is 4.79 Å². The van der Waals surface area contributed by atoms with Crippen molar-refractivity contribution in [2.45, 2.75) is 38.8 Å². The second-order valence-corrected chi connectivity index (χ2v) is 4.66. The lowest BCUT2D eigenvalue weighted by atomic mass is 9.96. The molecule has 0 aliphatic carbocycles. The third kappa shape index (κ3) is 5.09. The molecule has 1 aromatic carbocycles. The molecule has 0 bridgehead atoms. The zero-order chi connectivity index (χ0) is 13.6. The van der Waals surface area contributed by atoms with Gasteiger partial charge in [-0.3, -0.25) is 4.79 Å². The number of benzene rings is 1. The molecular formula is C14H23ClN2O2. The second kappa shape index (κ2) is 8.02. The zero-order valence-electron chi connectivity index (χ0n) is 11.7. The summed E-state index contributed by atoms with van der Waals surface area (Å²) in [6.45, 7) is 4.20. The third-order valence-corrected chi connectivity index (χ3v) is 2.92. The molecule has 1 aromatic rings. The van der Waals surface area contributed by atoms with Crippen LogP contribution in [0, 0.1) is 0 Å². The Morgan fingerprint density at radius 1 is 1.42 bits per heavy atom. The largest absolute Gasteiger partial charge is 0.496 e. The fourth-order valence-corrected chi connectivity index (χ4v) is 1.86. The number of nitrogens with two attached hydrogens (primary N) is 1. The molecule has 0 fully saturated rings. The number of hydrogen-bond donors (Lipinski definition) is 2. The summed E-state index contributed by atoms with van der Waals surface area (Å²) in [4.78, 5) is 12.0. The van der Waals surface area contributed by atoms with Crippen LogP contribution in [0.5, 0.6) is 5.75 Å². The highest BCUT2D eigenvalue weighted by Gasteiger charge is 2.26. The Morgan fingerprint density at radius 2 is 2.05 bits per heavy atom. The number of methoxy groups -OCH3 is 1. The molecule has 0 saturated carbocycles. The van der Waals surface area contributed by atoms with E-state index in [1.54, 1.807) is 14.0 Å². The summed E-state index contributed by atoms with van der Waals surface area (Å²) >= 11 is 0. The van der Waals surface area contributed by atoms with Crippen LogP contribution in [-0.2, 0) is 11.3 Å². The van der Waals surface area contributed by atoms with Crippen LogP contribution in [0.25, 0.3) is 0 Å². The monoisotopic (exact) mass is 286 g/mol. The summed E-state index contributed by atoms with van der Waals surface area (Å²) in [5.74, 6) is 0.641. The van der Waals surface area contributed by atoms with Crippen LogP contribution >= 0.6 is 12.4 Å². The van der Waals surface area contributed by atoms with Crippen LogP contribution in [0.15, 0.2) is 24.3 Å².